The zero-order valence-electron chi connectivity index (χ0n) is 49.0. The maximum Gasteiger partial charge on any atom is 0.0629 e. The van der Waals surface area contributed by atoms with E-state index < -0.39 is 0 Å². The van der Waals surface area contributed by atoms with Crippen LogP contribution in [-0.4, -0.2) is 10.6 Å². The predicted molar refractivity (Wildman–Crippen MR) is 347 cm³/mol. The van der Waals surface area contributed by atoms with Gasteiger partial charge in [0, 0.05) is 67.9 Å². The minimum Gasteiger partial charge on any atom is -0.333 e. The Labute approximate surface area is 469 Å². The van der Waals surface area contributed by atoms with Crippen molar-refractivity contribution in [3.05, 3.63) is 259 Å². The molecule has 1 aliphatic carbocycles. The number of benzene rings is 9. The Morgan fingerprint density at radius 3 is 1.24 bits per heavy atom. The minimum atomic E-state index is 0.238. The van der Waals surface area contributed by atoms with E-state index in [1.165, 1.54) is 61.0 Å². The van der Waals surface area contributed by atoms with Crippen molar-refractivity contribution in [1.82, 2.24) is 4.57 Å². The predicted octanol–water partition coefficient (Wildman–Crippen LogP) is 22.9. The van der Waals surface area contributed by atoms with Gasteiger partial charge in [-0.3, -0.25) is 0 Å². The number of aryl methyl sites for hydroxylation is 2. The second-order valence-corrected chi connectivity index (χ2v) is 17.6. The summed E-state index contributed by atoms with van der Waals surface area (Å²) in [6, 6.07) is 80.1. The number of rotatable bonds is 9. The van der Waals surface area contributed by atoms with Crippen LogP contribution in [0.1, 0.15) is 106 Å². The van der Waals surface area contributed by atoms with E-state index in [9.17, 15) is 0 Å². The van der Waals surface area contributed by atoms with E-state index in [2.05, 4.69) is 276 Å². The standard InChI is InChI=1S/C62H48N4.6C2H6/c1-43-21-29-49(30-22-43)63(53-37-39-61-57(41-53)55-17-9-11-19-59(55)65(61)47-13-5-3-6-14-47)51-33-25-45(26-34-51)46-27-35-52(36-28-46)64(50-31-23-44(2)24-32-50)54-38-40-62-58(42-54)56-18-10-12-20-60(56)66(62)48-15-7-4-8-16-48;6*1-2/h3-42,55,59H,1-2H3;6*1-2H3. The zero-order valence-corrected chi connectivity index (χ0v) is 49.0. The van der Waals surface area contributed by atoms with E-state index >= 15 is 0 Å². The van der Waals surface area contributed by atoms with Gasteiger partial charge >= 0.3 is 0 Å². The third kappa shape index (κ3) is 12.4. The normalized spacial score (nSPS) is 13.1. The van der Waals surface area contributed by atoms with Crippen LogP contribution in [0.15, 0.2) is 243 Å². The monoisotopic (exact) mass is 1030 g/mol. The van der Waals surface area contributed by atoms with Crippen molar-refractivity contribution in [3.63, 3.8) is 0 Å². The summed E-state index contributed by atoms with van der Waals surface area (Å²) < 4.78 is 2.37. The molecule has 2 aliphatic rings. The first kappa shape index (κ1) is 58.9. The fourth-order valence-electron chi connectivity index (χ4n) is 10.2. The Bertz CT molecular complexity index is 3420. The van der Waals surface area contributed by atoms with Gasteiger partial charge < -0.3 is 19.3 Å². The van der Waals surface area contributed by atoms with Crippen LogP contribution in [0, 0.1) is 13.8 Å². The number of fused-ring (bicyclic) bond motifs is 6. The second-order valence-electron chi connectivity index (χ2n) is 17.6. The highest BCUT2D eigenvalue weighted by molar-refractivity contribution is 6.10. The Kier molecular flexibility index (Phi) is 22.1. The molecule has 4 nitrogen and oxygen atoms in total. The number of para-hydroxylation sites is 3. The van der Waals surface area contributed by atoms with Gasteiger partial charge in [0.25, 0.3) is 0 Å². The van der Waals surface area contributed by atoms with E-state index in [0.717, 1.165) is 39.8 Å². The lowest BCUT2D eigenvalue weighted by atomic mass is 9.91. The molecule has 2 atom stereocenters. The van der Waals surface area contributed by atoms with Gasteiger partial charge in [-0.1, -0.05) is 222 Å². The minimum absolute atomic E-state index is 0.238. The molecular weight excluding hydrogens is 945 g/mol. The number of aromatic nitrogens is 1. The topological polar surface area (TPSA) is 14.7 Å². The van der Waals surface area contributed by atoms with Crippen molar-refractivity contribution in [2.75, 3.05) is 14.7 Å². The van der Waals surface area contributed by atoms with Gasteiger partial charge in [-0.15, -0.1) is 0 Å². The van der Waals surface area contributed by atoms with Crippen LogP contribution < -0.4 is 14.7 Å². The molecule has 9 aromatic carbocycles. The molecule has 4 heteroatoms. The molecule has 0 amide bonds. The number of anilines is 8. The van der Waals surface area contributed by atoms with E-state index in [0.29, 0.717) is 0 Å². The van der Waals surface area contributed by atoms with Crippen LogP contribution in [0.3, 0.4) is 0 Å². The largest absolute Gasteiger partial charge is 0.333 e. The van der Waals surface area contributed by atoms with E-state index in [-0.39, 0.29) is 12.0 Å². The molecule has 0 fully saturated rings. The molecule has 2 unspecified atom stereocenters. The van der Waals surface area contributed by atoms with Crippen LogP contribution in [0.25, 0.3) is 38.6 Å². The fourth-order valence-corrected chi connectivity index (χ4v) is 10.2. The van der Waals surface area contributed by atoms with Crippen molar-refractivity contribution in [2.45, 2.75) is 109 Å². The highest BCUT2D eigenvalue weighted by atomic mass is 15.2. The summed E-state index contributed by atoms with van der Waals surface area (Å²) in [4.78, 5) is 7.25. The lowest BCUT2D eigenvalue weighted by Gasteiger charge is -2.28. The summed E-state index contributed by atoms with van der Waals surface area (Å²) in [5.74, 6) is 0.265. The van der Waals surface area contributed by atoms with Crippen molar-refractivity contribution < 1.29 is 0 Å². The van der Waals surface area contributed by atoms with E-state index in [1.54, 1.807) is 0 Å². The first-order valence-corrected chi connectivity index (χ1v) is 28.9. The molecule has 0 saturated carbocycles. The third-order valence-electron chi connectivity index (χ3n) is 13.4. The van der Waals surface area contributed by atoms with E-state index in [1.807, 2.05) is 83.1 Å². The summed E-state index contributed by atoms with van der Waals surface area (Å²) in [6.45, 7) is 28.3. The average Bonchev–Trinajstić information content (AvgIpc) is 4.22. The van der Waals surface area contributed by atoms with Crippen molar-refractivity contribution in [2.24, 2.45) is 0 Å². The first-order chi connectivity index (χ1) is 38.6. The van der Waals surface area contributed by atoms with Gasteiger partial charge in [0.1, 0.15) is 0 Å². The quantitative estimate of drug-likeness (QED) is 0.143. The summed E-state index contributed by atoms with van der Waals surface area (Å²) in [5.41, 5.74) is 18.9. The van der Waals surface area contributed by atoms with Gasteiger partial charge in [-0.05, 0) is 146 Å². The summed E-state index contributed by atoms with van der Waals surface area (Å²) in [5, 5.41) is 2.46. The lowest BCUT2D eigenvalue weighted by molar-refractivity contribution is 0.745. The molecule has 0 saturated heterocycles. The summed E-state index contributed by atoms with van der Waals surface area (Å²) >= 11 is 0. The number of allylic oxidation sites excluding steroid dienone is 2. The molecular formula is C74H84N4. The number of hydrogen-bond donors (Lipinski definition) is 0. The molecule has 12 rings (SSSR count). The molecule has 0 bridgehead atoms. The molecule has 1 aliphatic heterocycles. The molecule has 2 heterocycles. The number of nitrogens with zero attached hydrogens (tertiary/aromatic N) is 4. The van der Waals surface area contributed by atoms with Crippen LogP contribution in [0.2, 0.25) is 0 Å². The van der Waals surface area contributed by atoms with Crippen molar-refractivity contribution in [1.29, 1.82) is 0 Å². The molecule has 0 radical (unpaired) electrons. The Morgan fingerprint density at radius 1 is 0.333 bits per heavy atom. The zero-order chi connectivity index (χ0) is 56.1. The van der Waals surface area contributed by atoms with Gasteiger partial charge in [0.05, 0.1) is 17.1 Å². The third-order valence-corrected chi connectivity index (χ3v) is 13.4. The summed E-state index contributed by atoms with van der Waals surface area (Å²) in [6.07, 6.45) is 9.08. The smallest absolute Gasteiger partial charge is 0.0629 e. The molecule has 10 aromatic rings. The van der Waals surface area contributed by atoms with Crippen LogP contribution in [0.4, 0.5) is 45.5 Å². The second kappa shape index (κ2) is 29.3. The molecule has 1 aromatic heterocycles. The first-order valence-electron chi connectivity index (χ1n) is 28.9. The molecule has 0 spiro atoms. The Hall–Kier alpha value is -8.34. The van der Waals surface area contributed by atoms with Gasteiger partial charge in [0.2, 0.25) is 0 Å². The van der Waals surface area contributed by atoms with Gasteiger partial charge in [-0.25, -0.2) is 0 Å². The van der Waals surface area contributed by atoms with Crippen LogP contribution in [0.5, 0.6) is 0 Å². The SMILES string of the molecule is CC.CC.CC.CC.CC.CC.Cc1ccc(N(c2ccc(-c3ccc(N(c4ccc(C)cc4)c4ccc5c(c4)c4ccccc4n5-c4ccccc4)cc3)cc2)c2ccc3c(c2)C2C=CC=CC2N3c2ccccc2)cc1. The van der Waals surface area contributed by atoms with Crippen LogP contribution >= 0.6 is 0 Å². The average molecular weight is 1030 g/mol. The molecule has 400 valence electrons. The maximum atomic E-state index is 2.49. The van der Waals surface area contributed by atoms with Crippen LogP contribution in [-0.2, 0) is 0 Å². The van der Waals surface area contributed by atoms with E-state index in [4.69, 9.17) is 0 Å². The Morgan fingerprint density at radius 2 is 0.731 bits per heavy atom. The molecule has 0 N–H and O–H groups in total. The highest BCUT2D eigenvalue weighted by Crippen LogP contribution is 2.50. The summed E-state index contributed by atoms with van der Waals surface area (Å²) in [7, 11) is 0. The van der Waals surface area contributed by atoms with Gasteiger partial charge in [0.15, 0.2) is 0 Å². The maximum absolute atomic E-state index is 2.49. The molecule has 78 heavy (non-hydrogen) atoms. The lowest BCUT2D eigenvalue weighted by Crippen LogP contribution is -2.28. The van der Waals surface area contributed by atoms with Gasteiger partial charge in [-0.2, -0.15) is 0 Å². The fraction of sp³-hybridized carbons (Fsp3) is 0.216. The van der Waals surface area contributed by atoms with Crippen molar-refractivity contribution >= 4 is 67.3 Å². The highest BCUT2D eigenvalue weighted by Gasteiger charge is 2.38. The van der Waals surface area contributed by atoms with Crippen molar-refractivity contribution in [3.8, 4) is 16.8 Å². The Balaban J connectivity index is 0.000000770. The number of hydrogen-bond acceptors (Lipinski definition) is 3.